The van der Waals surface area contributed by atoms with Gasteiger partial charge in [0, 0.05) is 16.0 Å². The number of hydrogen-bond acceptors (Lipinski definition) is 2. The van der Waals surface area contributed by atoms with Gasteiger partial charge >= 0.3 is 11.9 Å². The molecule has 1 aromatic carbocycles. The van der Waals surface area contributed by atoms with E-state index in [2.05, 4.69) is 15.9 Å². The first-order chi connectivity index (χ1) is 10.3. The molecule has 1 aromatic rings. The molecule has 4 nitrogen and oxygen atoms in total. The van der Waals surface area contributed by atoms with Gasteiger partial charge in [-0.1, -0.05) is 46.6 Å². The highest BCUT2D eigenvalue weighted by Gasteiger charge is 2.49. The average Bonchev–Trinajstić information content (AvgIpc) is 2.45. The SMILES string of the molecule is CCC1C(C(=O)O)=CC(C)=CC1(C(=O)O)c1cccc(Br)c1. The fourth-order valence-electron chi connectivity index (χ4n) is 3.21. The Labute approximate surface area is 137 Å². The minimum atomic E-state index is -1.37. The number of allylic oxidation sites excluding steroid dienone is 2. The highest BCUT2D eigenvalue weighted by Crippen LogP contribution is 2.45. The predicted octanol–water partition coefficient (Wildman–Crippen LogP) is 3.77. The number of carboxylic acids is 2. The zero-order chi connectivity index (χ0) is 16.5. The number of hydrogen-bond donors (Lipinski definition) is 2. The summed E-state index contributed by atoms with van der Waals surface area (Å²) in [6, 6.07) is 7.05. The van der Waals surface area contributed by atoms with Crippen LogP contribution in [0.3, 0.4) is 0 Å². The number of aliphatic carboxylic acids is 2. The molecule has 2 N–H and O–H groups in total. The number of rotatable bonds is 4. The number of carbonyl (C=O) groups is 2. The van der Waals surface area contributed by atoms with Gasteiger partial charge in [0.05, 0.1) is 0 Å². The maximum Gasteiger partial charge on any atom is 0.331 e. The summed E-state index contributed by atoms with van der Waals surface area (Å²) in [5.41, 5.74) is -0.00720. The van der Waals surface area contributed by atoms with E-state index in [1.807, 2.05) is 13.0 Å². The first kappa shape index (κ1) is 16.5. The van der Waals surface area contributed by atoms with E-state index < -0.39 is 23.3 Å². The Morgan fingerprint density at radius 2 is 2.00 bits per heavy atom. The van der Waals surface area contributed by atoms with Crippen molar-refractivity contribution < 1.29 is 19.8 Å². The van der Waals surface area contributed by atoms with Gasteiger partial charge in [0.25, 0.3) is 0 Å². The Morgan fingerprint density at radius 1 is 1.32 bits per heavy atom. The Morgan fingerprint density at radius 3 is 2.50 bits per heavy atom. The van der Waals surface area contributed by atoms with Crippen LogP contribution in [-0.4, -0.2) is 22.2 Å². The van der Waals surface area contributed by atoms with Gasteiger partial charge < -0.3 is 10.2 Å². The molecule has 0 heterocycles. The fourth-order valence-corrected chi connectivity index (χ4v) is 3.61. The highest BCUT2D eigenvalue weighted by atomic mass is 79.9. The summed E-state index contributed by atoms with van der Waals surface area (Å²) in [6.07, 6.45) is 3.65. The van der Waals surface area contributed by atoms with Gasteiger partial charge in [0.2, 0.25) is 0 Å². The smallest absolute Gasteiger partial charge is 0.331 e. The molecule has 0 saturated heterocycles. The molecule has 0 aliphatic heterocycles. The molecule has 5 heteroatoms. The molecule has 0 amide bonds. The monoisotopic (exact) mass is 364 g/mol. The summed E-state index contributed by atoms with van der Waals surface area (Å²) < 4.78 is 0.762. The molecule has 2 rings (SSSR count). The second kappa shape index (κ2) is 6.08. The van der Waals surface area contributed by atoms with E-state index in [9.17, 15) is 19.8 Å². The third-order valence-electron chi connectivity index (χ3n) is 4.07. The molecular formula is C17H17BrO4. The van der Waals surface area contributed by atoms with Crippen molar-refractivity contribution in [3.8, 4) is 0 Å². The van der Waals surface area contributed by atoms with Gasteiger partial charge in [-0.05, 0) is 37.1 Å². The molecule has 22 heavy (non-hydrogen) atoms. The Balaban J connectivity index is 2.76. The van der Waals surface area contributed by atoms with Gasteiger partial charge in [-0.25, -0.2) is 4.79 Å². The van der Waals surface area contributed by atoms with E-state index in [0.717, 1.165) is 4.47 Å². The Hall–Kier alpha value is -1.88. The van der Waals surface area contributed by atoms with Crippen LogP contribution >= 0.6 is 15.9 Å². The molecule has 0 aromatic heterocycles. The second-order valence-electron chi connectivity index (χ2n) is 5.44. The zero-order valence-corrected chi connectivity index (χ0v) is 13.9. The lowest BCUT2D eigenvalue weighted by atomic mass is 9.63. The predicted molar refractivity (Wildman–Crippen MR) is 86.7 cm³/mol. The number of halogens is 1. The van der Waals surface area contributed by atoms with E-state index in [1.165, 1.54) is 0 Å². The van der Waals surface area contributed by atoms with Crippen molar-refractivity contribution in [2.75, 3.05) is 0 Å². The largest absolute Gasteiger partial charge is 0.480 e. The molecule has 1 aliphatic rings. The van der Waals surface area contributed by atoms with E-state index in [4.69, 9.17) is 0 Å². The number of benzene rings is 1. The van der Waals surface area contributed by atoms with Crippen LogP contribution in [0.5, 0.6) is 0 Å². The fraction of sp³-hybridized carbons (Fsp3) is 0.294. The van der Waals surface area contributed by atoms with Gasteiger partial charge in [-0.3, -0.25) is 4.79 Å². The van der Waals surface area contributed by atoms with E-state index in [0.29, 0.717) is 17.6 Å². The second-order valence-corrected chi connectivity index (χ2v) is 6.35. The molecule has 0 bridgehead atoms. The molecular weight excluding hydrogens is 348 g/mol. The lowest BCUT2D eigenvalue weighted by Crippen LogP contribution is -2.45. The maximum absolute atomic E-state index is 12.2. The van der Waals surface area contributed by atoms with E-state index in [1.54, 1.807) is 37.3 Å². The van der Waals surface area contributed by atoms with E-state index in [-0.39, 0.29) is 5.57 Å². The molecule has 0 fully saturated rings. The van der Waals surface area contributed by atoms with Crippen LogP contribution < -0.4 is 0 Å². The molecule has 2 atom stereocenters. The van der Waals surface area contributed by atoms with Gasteiger partial charge in [0.15, 0.2) is 0 Å². The van der Waals surface area contributed by atoms with Gasteiger partial charge in [-0.15, -0.1) is 0 Å². The lowest BCUT2D eigenvalue weighted by Gasteiger charge is -2.38. The third kappa shape index (κ3) is 2.61. The quantitative estimate of drug-likeness (QED) is 0.852. The summed E-state index contributed by atoms with van der Waals surface area (Å²) in [5, 5.41) is 19.4. The first-order valence-electron chi connectivity index (χ1n) is 6.96. The van der Waals surface area contributed by atoms with Crippen molar-refractivity contribution in [1.82, 2.24) is 0 Å². The van der Waals surface area contributed by atoms with Crippen LogP contribution in [0.25, 0.3) is 0 Å². The van der Waals surface area contributed by atoms with Crippen molar-refractivity contribution >= 4 is 27.9 Å². The third-order valence-corrected chi connectivity index (χ3v) is 4.57. The maximum atomic E-state index is 12.2. The average molecular weight is 365 g/mol. The Bertz CT molecular complexity index is 690. The van der Waals surface area contributed by atoms with Crippen LogP contribution in [0, 0.1) is 5.92 Å². The topological polar surface area (TPSA) is 74.6 Å². The minimum absolute atomic E-state index is 0.143. The standard InChI is InChI=1S/C17H17BrO4/c1-3-14-13(15(19)20)7-10(2)9-17(14,16(21)22)11-5-4-6-12(18)8-11/h4-9,14H,3H2,1-2H3,(H,19,20)(H,21,22). The Kier molecular flexibility index (Phi) is 4.56. The molecule has 0 radical (unpaired) electrons. The summed E-state index contributed by atoms with van der Waals surface area (Å²) in [7, 11) is 0. The molecule has 0 spiro atoms. The summed E-state index contributed by atoms with van der Waals surface area (Å²) >= 11 is 3.36. The van der Waals surface area contributed by atoms with Crippen molar-refractivity contribution in [3.63, 3.8) is 0 Å². The van der Waals surface area contributed by atoms with Gasteiger partial charge in [0.1, 0.15) is 5.41 Å². The van der Waals surface area contributed by atoms with Crippen LogP contribution in [0.2, 0.25) is 0 Å². The van der Waals surface area contributed by atoms with Gasteiger partial charge in [-0.2, -0.15) is 0 Å². The molecule has 116 valence electrons. The van der Waals surface area contributed by atoms with Crippen LogP contribution in [0.15, 0.2) is 52.0 Å². The van der Waals surface area contributed by atoms with Crippen LogP contribution in [0.1, 0.15) is 25.8 Å². The van der Waals surface area contributed by atoms with Crippen LogP contribution in [-0.2, 0) is 15.0 Å². The zero-order valence-electron chi connectivity index (χ0n) is 12.3. The first-order valence-corrected chi connectivity index (χ1v) is 7.76. The summed E-state index contributed by atoms with van der Waals surface area (Å²) in [6.45, 7) is 3.54. The minimum Gasteiger partial charge on any atom is -0.480 e. The lowest BCUT2D eigenvalue weighted by molar-refractivity contribution is -0.144. The number of carboxylic acid groups (broad SMARTS) is 2. The van der Waals surface area contributed by atoms with Crippen molar-refractivity contribution in [2.45, 2.75) is 25.7 Å². The highest BCUT2D eigenvalue weighted by molar-refractivity contribution is 9.10. The normalized spacial score (nSPS) is 24.4. The summed E-state index contributed by atoms with van der Waals surface area (Å²) in [4.78, 5) is 23.8. The van der Waals surface area contributed by atoms with Crippen molar-refractivity contribution in [3.05, 3.63) is 57.6 Å². The molecule has 1 aliphatic carbocycles. The molecule has 0 saturated carbocycles. The van der Waals surface area contributed by atoms with Crippen molar-refractivity contribution in [2.24, 2.45) is 5.92 Å². The van der Waals surface area contributed by atoms with Crippen molar-refractivity contribution in [1.29, 1.82) is 0 Å². The van der Waals surface area contributed by atoms with E-state index >= 15 is 0 Å². The summed E-state index contributed by atoms with van der Waals surface area (Å²) in [5.74, 6) is -2.73. The molecule has 2 unspecified atom stereocenters. The van der Waals surface area contributed by atoms with Crippen LogP contribution in [0.4, 0.5) is 0 Å².